The van der Waals surface area contributed by atoms with E-state index in [-0.39, 0.29) is 5.91 Å². The standard InChI is InChI=1S/C9H10N4O/c10-7-5-3-6(14)11-9(5)13-8(12-7)4-1-2-4/h4H,1-3H2,(H3,10,11,12,13,14). The van der Waals surface area contributed by atoms with Gasteiger partial charge in [0.15, 0.2) is 0 Å². The highest BCUT2D eigenvalue weighted by Gasteiger charge is 2.30. The first-order chi connectivity index (χ1) is 6.74. The number of amides is 1. The number of carbonyl (C=O) groups excluding carboxylic acids is 1. The molecule has 2 heterocycles. The predicted molar refractivity (Wildman–Crippen MR) is 50.8 cm³/mol. The highest BCUT2D eigenvalue weighted by molar-refractivity contribution is 5.99. The van der Waals surface area contributed by atoms with Crippen LogP contribution in [0.15, 0.2) is 0 Å². The molecule has 72 valence electrons. The van der Waals surface area contributed by atoms with Gasteiger partial charge in [-0.15, -0.1) is 0 Å². The smallest absolute Gasteiger partial charge is 0.230 e. The molecule has 1 aromatic rings. The second-order valence-corrected chi connectivity index (χ2v) is 3.79. The quantitative estimate of drug-likeness (QED) is 0.673. The number of hydrogen-bond donors (Lipinski definition) is 2. The first-order valence-electron chi connectivity index (χ1n) is 4.70. The Labute approximate surface area is 80.7 Å². The van der Waals surface area contributed by atoms with Gasteiger partial charge in [0.2, 0.25) is 5.91 Å². The summed E-state index contributed by atoms with van der Waals surface area (Å²) in [4.78, 5) is 19.6. The molecular weight excluding hydrogens is 180 g/mol. The van der Waals surface area contributed by atoms with E-state index < -0.39 is 0 Å². The molecule has 1 aliphatic carbocycles. The summed E-state index contributed by atoms with van der Waals surface area (Å²) in [5.74, 6) is 2.26. The van der Waals surface area contributed by atoms with Gasteiger partial charge in [0.25, 0.3) is 0 Å². The molecule has 0 radical (unpaired) electrons. The number of nitrogens with one attached hydrogen (secondary N) is 1. The zero-order valence-electron chi connectivity index (χ0n) is 7.58. The first kappa shape index (κ1) is 7.73. The summed E-state index contributed by atoms with van der Waals surface area (Å²) >= 11 is 0. The van der Waals surface area contributed by atoms with Crippen LogP contribution in [0, 0.1) is 0 Å². The molecule has 14 heavy (non-hydrogen) atoms. The number of nitrogens with two attached hydrogens (primary N) is 1. The van der Waals surface area contributed by atoms with Gasteiger partial charge in [-0.1, -0.05) is 0 Å². The molecule has 5 nitrogen and oxygen atoms in total. The highest BCUT2D eigenvalue weighted by Crippen LogP contribution is 2.39. The lowest BCUT2D eigenvalue weighted by Gasteiger charge is -2.03. The van der Waals surface area contributed by atoms with E-state index in [1.165, 1.54) is 0 Å². The maximum Gasteiger partial charge on any atom is 0.230 e. The van der Waals surface area contributed by atoms with Crippen LogP contribution >= 0.6 is 0 Å². The molecule has 0 saturated heterocycles. The van der Waals surface area contributed by atoms with Gasteiger partial charge in [-0.05, 0) is 12.8 Å². The van der Waals surface area contributed by atoms with Gasteiger partial charge in [0.1, 0.15) is 17.5 Å². The Hall–Kier alpha value is -1.65. The Morgan fingerprint density at radius 2 is 2.14 bits per heavy atom. The van der Waals surface area contributed by atoms with Gasteiger partial charge in [-0.2, -0.15) is 0 Å². The fourth-order valence-corrected chi connectivity index (χ4v) is 1.66. The fourth-order valence-electron chi connectivity index (χ4n) is 1.66. The van der Waals surface area contributed by atoms with E-state index in [1.807, 2.05) is 0 Å². The van der Waals surface area contributed by atoms with Crippen LogP contribution in [0.25, 0.3) is 0 Å². The van der Waals surface area contributed by atoms with Crippen molar-refractivity contribution in [2.24, 2.45) is 0 Å². The van der Waals surface area contributed by atoms with Crippen LogP contribution in [0.4, 0.5) is 11.6 Å². The normalized spacial score (nSPS) is 19.3. The van der Waals surface area contributed by atoms with E-state index in [4.69, 9.17) is 5.73 Å². The molecule has 0 bridgehead atoms. The number of carbonyl (C=O) groups is 1. The second-order valence-electron chi connectivity index (χ2n) is 3.79. The molecule has 1 saturated carbocycles. The summed E-state index contributed by atoms with van der Waals surface area (Å²) < 4.78 is 0. The SMILES string of the molecule is Nc1nc(C2CC2)nc2c1CC(=O)N2. The van der Waals surface area contributed by atoms with Crippen molar-refractivity contribution < 1.29 is 4.79 Å². The zero-order chi connectivity index (χ0) is 9.71. The summed E-state index contributed by atoms with van der Waals surface area (Å²) in [5, 5.41) is 2.69. The molecule has 1 fully saturated rings. The van der Waals surface area contributed by atoms with Crippen LogP contribution < -0.4 is 11.1 Å². The Bertz CT molecular complexity index is 425. The van der Waals surface area contributed by atoms with Gasteiger partial charge < -0.3 is 11.1 Å². The van der Waals surface area contributed by atoms with Gasteiger partial charge >= 0.3 is 0 Å². The lowest BCUT2D eigenvalue weighted by atomic mass is 10.2. The summed E-state index contributed by atoms with van der Waals surface area (Å²) in [6.45, 7) is 0. The van der Waals surface area contributed by atoms with Crippen molar-refractivity contribution in [1.29, 1.82) is 0 Å². The second kappa shape index (κ2) is 2.43. The number of hydrogen-bond acceptors (Lipinski definition) is 4. The third-order valence-electron chi connectivity index (χ3n) is 2.59. The van der Waals surface area contributed by atoms with Crippen LogP contribution in [0.2, 0.25) is 0 Å². The van der Waals surface area contributed by atoms with E-state index >= 15 is 0 Å². The Kier molecular flexibility index (Phi) is 1.34. The molecule has 0 unspecified atom stereocenters. The van der Waals surface area contributed by atoms with Crippen LogP contribution in [-0.4, -0.2) is 15.9 Å². The molecule has 3 N–H and O–H groups in total. The lowest BCUT2D eigenvalue weighted by Crippen LogP contribution is -2.05. The maximum atomic E-state index is 11.1. The van der Waals surface area contributed by atoms with Crippen molar-refractivity contribution in [1.82, 2.24) is 9.97 Å². The molecule has 0 atom stereocenters. The Morgan fingerprint density at radius 1 is 1.36 bits per heavy atom. The molecule has 0 spiro atoms. The minimum Gasteiger partial charge on any atom is -0.383 e. The van der Waals surface area contributed by atoms with Gasteiger partial charge in [0, 0.05) is 11.5 Å². The van der Waals surface area contributed by atoms with E-state index in [0.29, 0.717) is 24.0 Å². The monoisotopic (exact) mass is 190 g/mol. The van der Waals surface area contributed by atoms with Crippen LogP contribution in [0.1, 0.15) is 30.1 Å². The number of anilines is 2. The molecular formula is C9H10N4O. The Morgan fingerprint density at radius 3 is 2.86 bits per heavy atom. The zero-order valence-corrected chi connectivity index (χ0v) is 7.58. The van der Waals surface area contributed by atoms with Gasteiger partial charge in [-0.3, -0.25) is 4.79 Å². The number of nitrogens with zero attached hydrogens (tertiary/aromatic N) is 2. The molecule has 5 heteroatoms. The van der Waals surface area contributed by atoms with Crippen LogP contribution in [0.5, 0.6) is 0 Å². The summed E-state index contributed by atoms with van der Waals surface area (Å²) in [5.41, 5.74) is 6.51. The summed E-state index contributed by atoms with van der Waals surface area (Å²) in [7, 11) is 0. The summed E-state index contributed by atoms with van der Waals surface area (Å²) in [6.07, 6.45) is 2.57. The van der Waals surface area contributed by atoms with E-state index in [1.54, 1.807) is 0 Å². The third kappa shape index (κ3) is 1.05. The molecule has 1 aromatic heterocycles. The van der Waals surface area contributed by atoms with Crippen molar-refractivity contribution in [3.8, 4) is 0 Å². The average Bonchev–Trinajstić information content (AvgIpc) is 2.89. The van der Waals surface area contributed by atoms with Crippen LogP contribution in [0.3, 0.4) is 0 Å². The number of rotatable bonds is 1. The largest absolute Gasteiger partial charge is 0.383 e. The van der Waals surface area contributed by atoms with E-state index in [0.717, 1.165) is 24.2 Å². The highest BCUT2D eigenvalue weighted by atomic mass is 16.1. The topological polar surface area (TPSA) is 80.9 Å². The molecule has 3 rings (SSSR count). The minimum absolute atomic E-state index is 0.0473. The van der Waals surface area contributed by atoms with Crippen molar-refractivity contribution in [3.63, 3.8) is 0 Å². The number of nitrogen functional groups attached to an aromatic ring is 1. The molecule has 1 amide bonds. The average molecular weight is 190 g/mol. The lowest BCUT2D eigenvalue weighted by molar-refractivity contribution is -0.115. The van der Waals surface area contributed by atoms with E-state index in [9.17, 15) is 4.79 Å². The molecule has 1 aliphatic heterocycles. The minimum atomic E-state index is -0.0473. The molecule has 2 aliphatic rings. The fraction of sp³-hybridized carbons (Fsp3) is 0.444. The number of aromatic nitrogens is 2. The van der Waals surface area contributed by atoms with Crippen molar-refractivity contribution in [3.05, 3.63) is 11.4 Å². The predicted octanol–water partition coefficient (Wildman–Crippen LogP) is 0.431. The third-order valence-corrected chi connectivity index (χ3v) is 2.59. The summed E-state index contributed by atoms with van der Waals surface area (Å²) in [6, 6.07) is 0. The number of fused-ring (bicyclic) bond motifs is 1. The van der Waals surface area contributed by atoms with Gasteiger partial charge in [0.05, 0.1) is 6.42 Å². The molecule has 0 aromatic carbocycles. The maximum absolute atomic E-state index is 11.1. The van der Waals surface area contributed by atoms with Crippen molar-refractivity contribution in [2.45, 2.75) is 25.2 Å². The first-order valence-corrected chi connectivity index (χ1v) is 4.70. The van der Waals surface area contributed by atoms with E-state index in [2.05, 4.69) is 15.3 Å². The van der Waals surface area contributed by atoms with Crippen molar-refractivity contribution >= 4 is 17.5 Å². The van der Waals surface area contributed by atoms with Crippen LogP contribution in [-0.2, 0) is 11.2 Å². The van der Waals surface area contributed by atoms with Gasteiger partial charge in [-0.25, -0.2) is 9.97 Å². The van der Waals surface area contributed by atoms with Crippen molar-refractivity contribution in [2.75, 3.05) is 11.1 Å². The Balaban J connectivity index is 2.10.